The summed E-state index contributed by atoms with van der Waals surface area (Å²) in [7, 11) is 3.24. The van der Waals surface area contributed by atoms with Gasteiger partial charge in [0.2, 0.25) is 0 Å². The van der Waals surface area contributed by atoms with Crippen molar-refractivity contribution >= 4 is 5.91 Å². The molecule has 36 heavy (non-hydrogen) atoms. The Morgan fingerprint density at radius 1 is 0.944 bits per heavy atom. The lowest BCUT2D eigenvalue weighted by atomic mass is 9.62. The molecule has 1 N–H and O–H groups in total. The van der Waals surface area contributed by atoms with Gasteiger partial charge in [0.1, 0.15) is 5.76 Å². The molecule has 0 bridgehead atoms. The predicted octanol–water partition coefficient (Wildman–Crippen LogP) is 6.52. The van der Waals surface area contributed by atoms with Gasteiger partial charge in [-0.1, -0.05) is 52.0 Å². The largest absolute Gasteiger partial charge is 0.493 e. The van der Waals surface area contributed by atoms with Gasteiger partial charge in [-0.05, 0) is 83.0 Å². The molecule has 192 valence electrons. The highest BCUT2D eigenvalue weighted by atomic mass is 16.5. The second-order valence-corrected chi connectivity index (χ2v) is 11.2. The van der Waals surface area contributed by atoms with Crippen LogP contribution in [0.4, 0.5) is 0 Å². The molecule has 0 unspecified atom stereocenters. The van der Waals surface area contributed by atoms with Gasteiger partial charge in [-0.15, -0.1) is 0 Å². The molecule has 5 heteroatoms. The zero-order valence-corrected chi connectivity index (χ0v) is 22.7. The van der Waals surface area contributed by atoms with Crippen molar-refractivity contribution in [3.8, 4) is 11.5 Å². The van der Waals surface area contributed by atoms with Crippen molar-refractivity contribution in [2.45, 2.75) is 71.1 Å². The minimum atomic E-state index is -0.215. The van der Waals surface area contributed by atoms with Gasteiger partial charge in [-0.25, -0.2) is 0 Å². The number of ether oxygens (including phenoxy) is 2. The molecule has 0 fully saturated rings. The van der Waals surface area contributed by atoms with E-state index in [0.717, 1.165) is 11.3 Å². The summed E-state index contributed by atoms with van der Waals surface area (Å²) in [6.07, 6.45) is 3.68. The number of hydrogen-bond donors (Lipinski definition) is 1. The van der Waals surface area contributed by atoms with Gasteiger partial charge < -0.3 is 19.2 Å². The van der Waals surface area contributed by atoms with Gasteiger partial charge in [-0.3, -0.25) is 4.79 Å². The van der Waals surface area contributed by atoms with Crippen molar-refractivity contribution in [2.24, 2.45) is 0 Å². The summed E-state index contributed by atoms with van der Waals surface area (Å²) in [5, 5.41) is 2.96. The summed E-state index contributed by atoms with van der Waals surface area (Å²) in [5.74, 6) is 2.29. The lowest BCUT2D eigenvalue weighted by Gasteiger charge is -2.42. The third kappa shape index (κ3) is 5.16. The van der Waals surface area contributed by atoms with Crippen molar-refractivity contribution in [1.82, 2.24) is 5.32 Å². The minimum Gasteiger partial charge on any atom is -0.493 e. The molecular weight excluding hydrogens is 450 g/mol. The van der Waals surface area contributed by atoms with E-state index in [-0.39, 0.29) is 16.7 Å². The average Bonchev–Trinajstić information content (AvgIpc) is 3.31. The Balaban J connectivity index is 1.43. The van der Waals surface area contributed by atoms with Crippen molar-refractivity contribution in [1.29, 1.82) is 0 Å². The summed E-state index contributed by atoms with van der Waals surface area (Å²) in [6, 6.07) is 14.2. The van der Waals surface area contributed by atoms with E-state index < -0.39 is 0 Å². The number of methoxy groups -OCH3 is 2. The second kappa shape index (κ2) is 10.0. The molecule has 3 aromatic rings. The first-order valence-electron chi connectivity index (χ1n) is 12.8. The number of para-hydroxylation sites is 1. The summed E-state index contributed by atoms with van der Waals surface area (Å²) in [4.78, 5) is 12.7. The van der Waals surface area contributed by atoms with E-state index in [1.165, 1.54) is 35.1 Å². The Bertz CT molecular complexity index is 1250. The van der Waals surface area contributed by atoms with Crippen LogP contribution in [0.25, 0.3) is 0 Å². The van der Waals surface area contributed by atoms with Gasteiger partial charge >= 0.3 is 0 Å². The van der Waals surface area contributed by atoms with Crippen molar-refractivity contribution in [3.63, 3.8) is 0 Å². The number of aryl methyl sites for hydroxylation is 1. The first-order valence-corrected chi connectivity index (χ1v) is 12.8. The predicted molar refractivity (Wildman–Crippen MR) is 144 cm³/mol. The standard InChI is InChI=1S/C31H39NO4/c1-20-17-24-25(31(4,5)15-14-30(24,2)3)19-22(20)18-23-11-12-27(36-23)29(33)32-16-13-21-9-8-10-26(34-6)28(21)35-7/h8-12,17,19H,13-16,18H2,1-7H3,(H,32,33). The molecule has 1 amide bonds. The molecule has 0 saturated carbocycles. The maximum atomic E-state index is 12.7. The Labute approximate surface area is 215 Å². The van der Waals surface area contributed by atoms with Gasteiger partial charge in [0.25, 0.3) is 5.91 Å². The number of benzene rings is 2. The summed E-state index contributed by atoms with van der Waals surface area (Å²) in [5.41, 5.74) is 6.77. The summed E-state index contributed by atoms with van der Waals surface area (Å²) in [6.45, 7) is 12.0. The fourth-order valence-corrected chi connectivity index (χ4v) is 5.29. The van der Waals surface area contributed by atoms with Crippen molar-refractivity contribution in [2.75, 3.05) is 20.8 Å². The highest BCUT2D eigenvalue weighted by Crippen LogP contribution is 2.46. The molecule has 0 aliphatic heterocycles. The molecule has 1 aliphatic rings. The van der Waals surface area contributed by atoms with Gasteiger partial charge in [-0.2, -0.15) is 0 Å². The van der Waals surface area contributed by atoms with E-state index in [9.17, 15) is 4.79 Å². The van der Waals surface area contributed by atoms with Crippen molar-refractivity contribution in [3.05, 3.63) is 81.8 Å². The van der Waals surface area contributed by atoms with Crippen LogP contribution in [0.2, 0.25) is 0 Å². The molecule has 1 aliphatic carbocycles. The third-order valence-corrected chi connectivity index (χ3v) is 7.72. The van der Waals surface area contributed by atoms with E-state index in [1.807, 2.05) is 24.3 Å². The fraction of sp³-hybridized carbons (Fsp3) is 0.452. The molecule has 2 aromatic carbocycles. The van der Waals surface area contributed by atoms with Crippen LogP contribution in [-0.4, -0.2) is 26.7 Å². The topological polar surface area (TPSA) is 60.7 Å². The van der Waals surface area contributed by atoms with E-state index in [1.54, 1.807) is 20.3 Å². The number of amides is 1. The summed E-state index contributed by atoms with van der Waals surface area (Å²) < 4.78 is 16.8. The molecular formula is C31H39NO4. The zero-order valence-electron chi connectivity index (χ0n) is 22.7. The van der Waals surface area contributed by atoms with E-state index >= 15 is 0 Å². The number of furan rings is 1. The summed E-state index contributed by atoms with van der Waals surface area (Å²) >= 11 is 0. The van der Waals surface area contributed by atoms with Crippen LogP contribution in [-0.2, 0) is 23.7 Å². The lowest BCUT2D eigenvalue weighted by molar-refractivity contribution is 0.0924. The maximum absolute atomic E-state index is 12.7. The van der Waals surface area contributed by atoms with Gasteiger partial charge in [0.05, 0.1) is 14.2 Å². The third-order valence-electron chi connectivity index (χ3n) is 7.72. The van der Waals surface area contributed by atoms with E-state index in [2.05, 4.69) is 52.1 Å². The first kappa shape index (κ1) is 25.9. The normalized spacial score (nSPS) is 15.8. The number of carbonyl (C=O) groups is 1. The molecule has 0 spiro atoms. The smallest absolute Gasteiger partial charge is 0.287 e. The highest BCUT2D eigenvalue weighted by molar-refractivity contribution is 5.91. The Morgan fingerprint density at radius 2 is 1.64 bits per heavy atom. The first-order chi connectivity index (χ1) is 17.1. The quantitative estimate of drug-likeness (QED) is 0.391. The van der Waals surface area contributed by atoms with Gasteiger partial charge in [0.15, 0.2) is 17.3 Å². The van der Waals surface area contributed by atoms with Crippen LogP contribution in [0.5, 0.6) is 11.5 Å². The van der Waals surface area contributed by atoms with Crippen LogP contribution in [0.1, 0.15) is 84.7 Å². The molecule has 0 radical (unpaired) electrons. The number of carbonyl (C=O) groups excluding carboxylic acids is 1. The second-order valence-electron chi connectivity index (χ2n) is 11.2. The fourth-order valence-electron chi connectivity index (χ4n) is 5.29. The monoisotopic (exact) mass is 489 g/mol. The number of fused-ring (bicyclic) bond motifs is 1. The number of rotatable bonds is 8. The highest BCUT2D eigenvalue weighted by Gasteiger charge is 2.37. The molecule has 1 aromatic heterocycles. The maximum Gasteiger partial charge on any atom is 0.287 e. The molecule has 0 saturated heterocycles. The van der Waals surface area contributed by atoms with Crippen molar-refractivity contribution < 1.29 is 18.7 Å². The van der Waals surface area contributed by atoms with E-state index in [4.69, 9.17) is 13.9 Å². The number of nitrogens with one attached hydrogen (secondary N) is 1. The molecule has 1 heterocycles. The molecule has 5 nitrogen and oxygen atoms in total. The van der Waals surface area contributed by atoms with Crippen LogP contribution < -0.4 is 14.8 Å². The van der Waals surface area contributed by atoms with Crippen LogP contribution in [0, 0.1) is 6.92 Å². The zero-order chi connectivity index (χ0) is 26.1. The van der Waals surface area contributed by atoms with Crippen LogP contribution in [0.3, 0.4) is 0 Å². The van der Waals surface area contributed by atoms with Gasteiger partial charge in [0, 0.05) is 13.0 Å². The Kier molecular flexibility index (Phi) is 7.21. The Morgan fingerprint density at radius 3 is 2.31 bits per heavy atom. The minimum absolute atomic E-state index is 0.160. The lowest BCUT2D eigenvalue weighted by Crippen LogP contribution is -2.34. The average molecular weight is 490 g/mol. The van der Waals surface area contributed by atoms with Crippen LogP contribution >= 0.6 is 0 Å². The molecule has 0 atom stereocenters. The molecule has 4 rings (SSSR count). The SMILES string of the molecule is COc1cccc(CCNC(=O)c2ccc(Cc3cc4c(cc3C)C(C)(C)CCC4(C)C)o2)c1OC. The number of hydrogen-bond acceptors (Lipinski definition) is 4. The van der Waals surface area contributed by atoms with E-state index in [0.29, 0.717) is 36.6 Å². The van der Waals surface area contributed by atoms with Crippen LogP contribution in [0.15, 0.2) is 46.9 Å². The Hall–Kier alpha value is -3.21.